The van der Waals surface area contributed by atoms with Crippen LogP contribution in [0.5, 0.6) is 0 Å². The second-order valence-electron chi connectivity index (χ2n) is 7.67. The number of carboxylic acid groups (broad SMARTS) is 1. The van der Waals surface area contributed by atoms with Crippen molar-refractivity contribution in [1.29, 1.82) is 0 Å². The lowest BCUT2D eigenvalue weighted by molar-refractivity contribution is -0.139. The summed E-state index contributed by atoms with van der Waals surface area (Å²) in [5.74, 6) is -0.297. The molecule has 168 valence electrons. The van der Waals surface area contributed by atoms with Gasteiger partial charge in [-0.1, -0.05) is 62.9 Å². The number of hydrogen-bond donors (Lipinski definition) is 3. The summed E-state index contributed by atoms with van der Waals surface area (Å²) in [4.78, 5) is 29.8. The summed E-state index contributed by atoms with van der Waals surface area (Å²) in [5.41, 5.74) is 2.59. The molecule has 0 aliphatic carbocycles. The van der Waals surface area contributed by atoms with Gasteiger partial charge >= 0.3 is 12.0 Å². The Morgan fingerprint density at radius 3 is 2.42 bits per heavy atom. The van der Waals surface area contributed by atoms with Crippen LogP contribution in [0.25, 0.3) is 11.3 Å². The van der Waals surface area contributed by atoms with Crippen LogP contribution in [0.1, 0.15) is 44.6 Å². The van der Waals surface area contributed by atoms with Gasteiger partial charge in [-0.2, -0.15) is 0 Å². The fourth-order valence-electron chi connectivity index (χ4n) is 3.28. The van der Waals surface area contributed by atoms with Crippen LogP contribution in [0, 0.1) is 0 Å². The minimum atomic E-state index is -0.872. The van der Waals surface area contributed by atoms with Crippen molar-refractivity contribution in [2.24, 2.45) is 0 Å². The van der Waals surface area contributed by atoms with Crippen molar-refractivity contribution >= 4 is 17.8 Å². The van der Waals surface area contributed by atoms with Crippen molar-refractivity contribution in [2.75, 3.05) is 25.5 Å². The highest BCUT2D eigenvalue weighted by Gasteiger charge is 2.16. The Morgan fingerprint density at radius 1 is 1.06 bits per heavy atom. The molecular formula is C24H34N4O3. The molecule has 7 nitrogen and oxygen atoms in total. The van der Waals surface area contributed by atoms with E-state index in [0.29, 0.717) is 18.8 Å². The van der Waals surface area contributed by atoms with Crippen molar-refractivity contribution < 1.29 is 14.7 Å². The number of nitrogens with one attached hydrogen (secondary N) is 2. The Morgan fingerprint density at radius 2 is 1.77 bits per heavy atom. The van der Waals surface area contributed by atoms with Gasteiger partial charge in [0.25, 0.3) is 0 Å². The number of carbonyl (C=O) groups excluding carboxylic acids is 1. The third-order valence-electron chi connectivity index (χ3n) is 5.28. The second kappa shape index (κ2) is 12.7. The average Bonchev–Trinajstić information content (AvgIpc) is 2.79. The highest BCUT2D eigenvalue weighted by molar-refractivity contribution is 5.90. The molecule has 7 heteroatoms. The third kappa shape index (κ3) is 7.68. The molecule has 2 amide bonds. The number of nitrogens with zero attached hydrogens (tertiary/aromatic N) is 2. The molecule has 0 bridgehead atoms. The quantitative estimate of drug-likeness (QED) is 0.445. The minimum absolute atomic E-state index is 0.165. The standard InChI is InChI=1S/C24H34N4O3/c1-4-5-6-7-8-16-26-24(31)28(3)22-11-9-10-20(27-22)19-14-12-18(13-15-19)17-21(25-2)23(29)30/h9-15,21,25H,4-8,16-17H2,1-3H3,(H,26,31)(H,29,30)/t21-/m0/s1. The third-order valence-corrected chi connectivity index (χ3v) is 5.28. The second-order valence-corrected chi connectivity index (χ2v) is 7.67. The van der Waals surface area contributed by atoms with Crippen molar-refractivity contribution in [2.45, 2.75) is 51.5 Å². The van der Waals surface area contributed by atoms with E-state index in [2.05, 4.69) is 22.5 Å². The molecule has 3 N–H and O–H groups in total. The van der Waals surface area contributed by atoms with Gasteiger partial charge in [-0.15, -0.1) is 0 Å². The first-order chi connectivity index (χ1) is 15.0. The topological polar surface area (TPSA) is 94.6 Å². The zero-order valence-electron chi connectivity index (χ0n) is 18.7. The fraction of sp³-hybridized carbons (Fsp3) is 0.458. The van der Waals surface area contributed by atoms with Crippen molar-refractivity contribution in [1.82, 2.24) is 15.6 Å². The maximum absolute atomic E-state index is 12.4. The fourth-order valence-corrected chi connectivity index (χ4v) is 3.28. The lowest BCUT2D eigenvalue weighted by Gasteiger charge is -2.18. The first-order valence-corrected chi connectivity index (χ1v) is 10.9. The van der Waals surface area contributed by atoms with Gasteiger partial charge in [-0.25, -0.2) is 9.78 Å². The lowest BCUT2D eigenvalue weighted by atomic mass is 10.0. The summed E-state index contributed by atoms with van der Waals surface area (Å²) in [6, 6.07) is 12.5. The van der Waals surface area contributed by atoms with Crippen LogP contribution in [0.15, 0.2) is 42.5 Å². The number of aromatic nitrogens is 1. The zero-order chi connectivity index (χ0) is 22.6. The molecule has 2 rings (SSSR count). The Labute approximate surface area is 184 Å². The molecule has 0 aliphatic heterocycles. The highest BCUT2D eigenvalue weighted by atomic mass is 16.4. The van der Waals surface area contributed by atoms with Gasteiger partial charge in [0.1, 0.15) is 11.9 Å². The van der Waals surface area contributed by atoms with E-state index in [0.717, 1.165) is 29.7 Å². The number of carbonyl (C=O) groups is 2. The molecule has 31 heavy (non-hydrogen) atoms. The lowest BCUT2D eigenvalue weighted by Crippen LogP contribution is -2.38. The number of amides is 2. The molecule has 0 unspecified atom stereocenters. The largest absolute Gasteiger partial charge is 0.480 e. The summed E-state index contributed by atoms with van der Waals surface area (Å²) < 4.78 is 0. The molecule has 1 aromatic carbocycles. The molecule has 1 heterocycles. The van der Waals surface area contributed by atoms with Crippen LogP contribution in [0.3, 0.4) is 0 Å². The van der Waals surface area contributed by atoms with Gasteiger partial charge in [-0.05, 0) is 37.6 Å². The van der Waals surface area contributed by atoms with Crippen molar-refractivity contribution in [3.8, 4) is 11.3 Å². The summed E-state index contributed by atoms with van der Waals surface area (Å²) in [6.07, 6.45) is 6.16. The Hall–Kier alpha value is -2.93. The number of rotatable bonds is 12. The molecule has 0 radical (unpaired) electrons. The molecule has 0 fully saturated rings. The number of hydrogen-bond acceptors (Lipinski definition) is 4. The molecule has 0 saturated carbocycles. The van der Waals surface area contributed by atoms with Crippen molar-refractivity contribution in [3.05, 3.63) is 48.0 Å². The van der Waals surface area contributed by atoms with Crippen LogP contribution in [0.4, 0.5) is 10.6 Å². The number of carboxylic acids is 1. The minimum Gasteiger partial charge on any atom is -0.480 e. The summed E-state index contributed by atoms with van der Waals surface area (Å²) in [7, 11) is 3.35. The van der Waals surface area contributed by atoms with E-state index in [-0.39, 0.29) is 6.03 Å². The molecule has 1 aromatic heterocycles. The van der Waals surface area contributed by atoms with Gasteiger partial charge in [0.2, 0.25) is 0 Å². The Bertz CT molecular complexity index is 839. The van der Waals surface area contributed by atoms with E-state index >= 15 is 0 Å². The maximum atomic E-state index is 12.4. The first-order valence-electron chi connectivity index (χ1n) is 10.9. The molecule has 1 atom stereocenters. The van der Waals surface area contributed by atoms with Gasteiger partial charge < -0.3 is 15.7 Å². The van der Waals surface area contributed by atoms with Gasteiger partial charge in [0.15, 0.2) is 0 Å². The number of pyridine rings is 1. The van der Waals surface area contributed by atoms with Gasteiger partial charge in [0.05, 0.1) is 5.69 Å². The summed E-state index contributed by atoms with van der Waals surface area (Å²) >= 11 is 0. The molecule has 0 spiro atoms. The van der Waals surface area contributed by atoms with E-state index in [4.69, 9.17) is 0 Å². The number of benzene rings is 1. The van der Waals surface area contributed by atoms with E-state index in [1.54, 1.807) is 14.1 Å². The molecular weight excluding hydrogens is 392 g/mol. The van der Waals surface area contributed by atoms with E-state index in [1.165, 1.54) is 24.2 Å². The SMILES string of the molecule is CCCCCCCNC(=O)N(C)c1cccc(-c2ccc(C[C@H](NC)C(=O)O)cc2)n1. The van der Waals surface area contributed by atoms with Gasteiger partial charge in [-0.3, -0.25) is 9.69 Å². The predicted molar refractivity (Wildman–Crippen MR) is 124 cm³/mol. The zero-order valence-corrected chi connectivity index (χ0v) is 18.7. The molecule has 2 aromatic rings. The summed E-state index contributed by atoms with van der Waals surface area (Å²) in [5, 5.41) is 14.9. The maximum Gasteiger partial charge on any atom is 0.322 e. The van der Waals surface area contributed by atoms with Crippen LogP contribution >= 0.6 is 0 Å². The van der Waals surface area contributed by atoms with E-state index < -0.39 is 12.0 Å². The normalized spacial score (nSPS) is 11.7. The average molecular weight is 427 g/mol. The Balaban J connectivity index is 1.97. The first kappa shape index (κ1) is 24.3. The van der Waals surface area contributed by atoms with Crippen molar-refractivity contribution in [3.63, 3.8) is 0 Å². The van der Waals surface area contributed by atoms with E-state index in [1.807, 2.05) is 42.5 Å². The van der Waals surface area contributed by atoms with E-state index in [9.17, 15) is 14.7 Å². The molecule has 0 saturated heterocycles. The Kier molecular flexibility index (Phi) is 9.97. The number of anilines is 1. The number of aliphatic carboxylic acids is 1. The number of urea groups is 1. The smallest absolute Gasteiger partial charge is 0.322 e. The van der Waals surface area contributed by atoms with Crippen LogP contribution in [-0.4, -0.2) is 48.8 Å². The van der Waals surface area contributed by atoms with Gasteiger partial charge in [0, 0.05) is 19.2 Å². The monoisotopic (exact) mass is 426 g/mol. The number of unbranched alkanes of at least 4 members (excludes halogenated alkanes) is 4. The summed E-state index contributed by atoms with van der Waals surface area (Å²) in [6.45, 7) is 2.85. The molecule has 0 aliphatic rings. The van der Waals surface area contributed by atoms with Crippen LogP contribution in [-0.2, 0) is 11.2 Å². The highest BCUT2D eigenvalue weighted by Crippen LogP contribution is 2.21. The number of likely N-dealkylation sites (N-methyl/N-ethyl adjacent to an activating group) is 1. The van der Waals surface area contributed by atoms with Crippen LogP contribution in [0.2, 0.25) is 0 Å². The van der Waals surface area contributed by atoms with Crippen LogP contribution < -0.4 is 15.5 Å². The predicted octanol–water partition coefficient (Wildman–Crippen LogP) is 4.08.